The monoisotopic (exact) mass is 158 g/mol. The van der Waals surface area contributed by atoms with Gasteiger partial charge in [0.15, 0.2) is 6.29 Å². The predicted octanol–water partition coefficient (Wildman–Crippen LogP) is 2.21. The third-order valence-corrected chi connectivity index (χ3v) is 1.46. The highest BCUT2D eigenvalue weighted by Gasteiger charge is 2.13. The number of ether oxygens (including phenoxy) is 2. The zero-order chi connectivity index (χ0) is 8.69. The molecular weight excluding hydrogens is 140 g/mol. The SMILES string of the molecule is C=CC(C)C(OCC)OCC. The van der Waals surface area contributed by atoms with Gasteiger partial charge in [-0.3, -0.25) is 0 Å². The van der Waals surface area contributed by atoms with Crippen LogP contribution in [0.2, 0.25) is 0 Å². The fourth-order valence-electron chi connectivity index (χ4n) is 0.791. The Morgan fingerprint density at radius 3 is 2.00 bits per heavy atom. The second-order valence-electron chi connectivity index (χ2n) is 2.37. The highest BCUT2D eigenvalue weighted by molar-refractivity contribution is 4.77. The van der Waals surface area contributed by atoms with E-state index in [-0.39, 0.29) is 12.2 Å². The van der Waals surface area contributed by atoms with E-state index in [1.165, 1.54) is 0 Å². The van der Waals surface area contributed by atoms with Gasteiger partial charge in [-0.25, -0.2) is 0 Å². The van der Waals surface area contributed by atoms with Crippen LogP contribution >= 0.6 is 0 Å². The van der Waals surface area contributed by atoms with E-state index in [4.69, 9.17) is 9.47 Å². The first kappa shape index (κ1) is 10.7. The molecule has 0 bridgehead atoms. The summed E-state index contributed by atoms with van der Waals surface area (Å²) < 4.78 is 10.7. The molecule has 0 aromatic rings. The first-order valence-corrected chi connectivity index (χ1v) is 4.12. The van der Waals surface area contributed by atoms with Gasteiger partial charge < -0.3 is 9.47 Å². The van der Waals surface area contributed by atoms with Gasteiger partial charge in [0.05, 0.1) is 0 Å². The Labute approximate surface area is 69.2 Å². The standard InChI is InChI=1S/C9H18O2/c1-5-8(4)9(10-6-2)11-7-3/h5,8-9H,1,6-7H2,2-4H3. The van der Waals surface area contributed by atoms with E-state index in [0.29, 0.717) is 13.2 Å². The molecule has 0 spiro atoms. The molecule has 1 unspecified atom stereocenters. The number of rotatable bonds is 6. The van der Waals surface area contributed by atoms with Crippen LogP contribution < -0.4 is 0 Å². The highest BCUT2D eigenvalue weighted by atomic mass is 16.7. The van der Waals surface area contributed by atoms with Crippen molar-refractivity contribution in [1.82, 2.24) is 0 Å². The minimum Gasteiger partial charge on any atom is -0.352 e. The van der Waals surface area contributed by atoms with E-state index in [1.54, 1.807) is 0 Å². The molecule has 0 aromatic carbocycles. The van der Waals surface area contributed by atoms with Crippen molar-refractivity contribution in [3.8, 4) is 0 Å². The summed E-state index contributed by atoms with van der Waals surface area (Å²) in [4.78, 5) is 0. The molecule has 0 rings (SSSR count). The molecule has 0 aliphatic carbocycles. The fourth-order valence-corrected chi connectivity index (χ4v) is 0.791. The van der Waals surface area contributed by atoms with Gasteiger partial charge in [-0.05, 0) is 13.8 Å². The Balaban J connectivity index is 3.75. The van der Waals surface area contributed by atoms with E-state index in [2.05, 4.69) is 6.58 Å². The molecular formula is C9H18O2. The third kappa shape index (κ3) is 4.17. The van der Waals surface area contributed by atoms with Crippen LogP contribution in [0.3, 0.4) is 0 Å². The van der Waals surface area contributed by atoms with Crippen molar-refractivity contribution in [2.75, 3.05) is 13.2 Å². The van der Waals surface area contributed by atoms with E-state index in [0.717, 1.165) is 0 Å². The summed E-state index contributed by atoms with van der Waals surface area (Å²) in [6, 6.07) is 0. The van der Waals surface area contributed by atoms with Crippen molar-refractivity contribution >= 4 is 0 Å². The minimum absolute atomic E-state index is 0.123. The molecule has 2 nitrogen and oxygen atoms in total. The lowest BCUT2D eigenvalue weighted by molar-refractivity contribution is -0.154. The highest BCUT2D eigenvalue weighted by Crippen LogP contribution is 2.09. The Morgan fingerprint density at radius 1 is 1.27 bits per heavy atom. The molecule has 0 aromatic heterocycles. The molecule has 66 valence electrons. The second kappa shape index (κ2) is 6.38. The topological polar surface area (TPSA) is 18.5 Å². The quantitative estimate of drug-likeness (QED) is 0.436. The summed E-state index contributed by atoms with van der Waals surface area (Å²) in [5.74, 6) is 0.259. The van der Waals surface area contributed by atoms with Crippen molar-refractivity contribution in [2.45, 2.75) is 27.1 Å². The Morgan fingerprint density at radius 2 is 1.73 bits per heavy atom. The molecule has 0 radical (unpaired) electrons. The van der Waals surface area contributed by atoms with Gasteiger partial charge >= 0.3 is 0 Å². The van der Waals surface area contributed by atoms with Gasteiger partial charge in [-0.2, -0.15) is 0 Å². The number of hydrogen-bond acceptors (Lipinski definition) is 2. The van der Waals surface area contributed by atoms with Gasteiger partial charge in [-0.15, -0.1) is 6.58 Å². The van der Waals surface area contributed by atoms with E-state index in [9.17, 15) is 0 Å². The average molecular weight is 158 g/mol. The maximum Gasteiger partial charge on any atom is 0.163 e. The predicted molar refractivity (Wildman–Crippen MR) is 46.4 cm³/mol. The van der Waals surface area contributed by atoms with Crippen LogP contribution in [-0.2, 0) is 9.47 Å². The van der Waals surface area contributed by atoms with Crippen molar-refractivity contribution in [3.05, 3.63) is 12.7 Å². The van der Waals surface area contributed by atoms with Gasteiger partial charge in [0, 0.05) is 19.1 Å². The van der Waals surface area contributed by atoms with Crippen LogP contribution in [0.4, 0.5) is 0 Å². The lowest BCUT2D eigenvalue weighted by atomic mass is 10.2. The zero-order valence-electron chi connectivity index (χ0n) is 7.67. The van der Waals surface area contributed by atoms with Gasteiger partial charge in [0.25, 0.3) is 0 Å². The first-order chi connectivity index (χ1) is 5.26. The zero-order valence-corrected chi connectivity index (χ0v) is 7.67. The van der Waals surface area contributed by atoms with Crippen LogP contribution in [0, 0.1) is 5.92 Å². The summed E-state index contributed by atoms with van der Waals surface area (Å²) in [6.45, 7) is 11.0. The van der Waals surface area contributed by atoms with Gasteiger partial charge in [-0.1, -0.05) is 13.0 Å². The van der Waals surface area contributed by atoms with Gasteiger partial charge in [0.1, 0.15) is 0 Å². The first-order valence-electron chi connectivity index (χ1n) is 4.12. The van der Waals surface area contributed by atoms with Crippen molar-refractivity contribution in [1.29, 1.82) is 0 Å². The van der Waals surface area contributed by atoms with Crippen LogP contribution in [0.25, 0.3) is 0 Å². The maximum atomic E-state index is 5.34. The summed E-state index contributed by atoms with van der Waals surface area (Å²) in [6.07, 6.45) is 1.72. The second-order valence-corrected chi connectivity index (χ2v) is 2.37. The van der Waals surface area contributed by atoms with Crippen LogP contribution in [0.1, 0.15) is 20.8 Å². The smallest absolute Gasteiger partial charge is 0.163 e. The van der Waals surface area contributed by atoms with E-state index in [1.807, 2.05) is 26.8 Å². The van der Waals surface area contributed by atoms with Crippen molar-refractivity contribution in [2.24, 2.45) is 5.92 Å². The van der Waals surface area contributed by atoms with E-state index >= 15 is 0 Å². The Hall–Kier alpha value is -0.340. The normalized spacial score (nSPS) is 13.5. The van der Waals surface area contributed by atoms with Crippen molar-refractivity contribution in [3.63, 3.8) is 0 Å². The maximum absolute atomic E-state index is 5.34. The molecule has 0 amide bonds. The van der Waals surface area contributed by atoms with Gasteiger partial charge in [0.2, 0.25) is 0 Å². The summed E-state index contributed by atoms with van der Waals surface area (Å²) in [7, 11) is 0. The molecule has 0 heterocycles. The number of hydrogen-bond donors (Lipinski definition) is 0. The molecule has 0 aliphatic rings. The van der Waals surface area contributed by atoms with Crippen LogP contribution in [0.5, 0.6) is 0 Å². The van der Waals surface area contributed by atoms with Crippen LogP contribution in [-0.4, -0.2) is 19.5 Å². The average Bonchev–Trinajstić information content (AvgIpc) is 2.03. The molecule has 0 fully saturated rings. The third-order valence-electron chi connectivity index (χ3n) is 1.46. The lowest BCUT2D eigenvalue weighted by Crippen LogP contribution is -2.23. The summed E-state index contributed by atoms with van der Waals surface area (Å²) in [5, 5.41) is 0. The minimum atomic E-state index is -0.123. The lowest BCUT2D eigenvalue weighted by Gasteiger charge is -2.20. The Kier molecular flexibility index (Phi) is 6.18. The van der Waals surface area contributed by atoms with Crippen LogP contribution in [0.15, 0.2) is 12.7 Å². The molecule has 0 saturated heterocycles. The van der Waals surface area contributed by atoms with E-state index < -0.39 is 0 Å². The molecule has 2 heteroatoms. The summed E-state index contributed by atoms with van der Waals surface area (Å²) >= 11 is 0. The fraction of sp³-hybridized carbons (Fsp3) is 0.778. The Bertz CT molecular complexity index is 95.7. The largest absolute Gasteiger partial charge is 0.352 e. The molecule has 0 N–H and O–H groups in total. The molecule has 1 atom stereocenters. The van der Waals surface area contributed by atoms with Crippen molar-refractivity contribution < 1.29 is 9.47 Å². The molecule has 0 aliphatic heterocycles. The molecule has 11 heavy (non-hydrogen) atoms. The molecule has 0 saturated carbocycles. The summed E-state index contributed by atoms with van der Waals surface area (Å²) in [5.41, 5.74) is 0.